The Morgan fingerprint density at radius 1 is 0.588 bits per heavy atom. The zero-order chi connectivity index (χ0) is 12.6. The molecule has 0 saturated carbocycles. The Labute approximate surface area is 93.3 Å². The van der Waals surface area contributed by atoms with E-state index in [0.717, 1.165) is 12.1 Å². The highest BCUT2D eigenvalue weighted by Gasteiger charge is 2.17. The second kappa shape index (κ2) is 4.16. The van der Waals surface area contributed by atoms with Gasteiger partial charge in [0.1, 0.15) is 29.1 Å². The standard InChI is InChI=1S/C12H5F5/c13-6-1-2-8(9(15)3-6)12-10(16)4-7(14)5-11(12)17/h1-5H. The third-order valence-electron chi connectivity index (χ3n) is 2.21. The van der Waals surface area contributed by atoms with Gasteiger partial charge in [0.2, 0.25) is 0 Å². The molecule has 0 amide bonds. The number of benzene rings is 2. The largest absolute Gasteiger partial charge is 0.207 e. The summed E-state index contributed by atoms with van der Waals surface area (Å²) in [5, 5.41) is 0. The van der Waals surface area contributed by atoms with E-state index < -0.39 is 40.2 Å². The third kappa shape index (κ3) is 2.13. The van der Waals surface area contributed by atoms with Crippen LogP contribution in [0.1, 0.15) is 0 Å². The van der Waals surface area contributed by atoms with Crippen LogP contribution in [0.4, 0.5) is 22.0 Å². The molecule has 2 aromatic carbocycles. The first kappa shape index (κ1) is 11.6. The van der Waals surface area contributed by atoms with Gasteiger partial charge < -0.3 is 0 Å². The zero-order valence-electron chi connectivity index (χ0n) is 8.28. The first-order chi connectivity index (χ1) is 7.99. The molecule has 0 aliphatic heterocycles. The number of halogens is 5. The number of rotatable bonds is 1. The average Bonchev–Trinajstić information content (AvgIpc) is 2.19. The van der Waals surface area contributed by atoms with Gasteiger partial charge in [-0.3, -0.25) is 0 Å². The molecule has 0 heterocycles. The molecule has 2 aromatic rings. The summed E-state index contributed by atoms with van der Waals surface area (Å²) in [6.07, 6.45) is 0. The van der Waals surface area contributed by atoms with Crippen LogP contribution < -0.4 is 0 Å². The van der Waals surface area contributed by atoms with Crippen molar-refractivity contribution in [2.75, 3.05) is 0 Å². The van der Waals surface area contributed by atoms with E-state index in [2.05, 4.69) is 0 Å². The molecule has 0 N–H and O–H groups in total. The first-order valence-electron chi connectivity index (χ1n) is 4.59. The van der Waals surface area contributed by atoms with Crippen molar-refractivity contribution in [1.29, 1.82) is 0 Å². The number of hydrogen-bond donors (Lipinski definition) is 0. The topological polar surface area (TPSA) is 0 Å². The van der Waals surface area contributed by atoms with Crippen LogP contribution in [-0.4, -0.2) is 0 Å². The Morgan fingerprint density at radius 2 is 1.12 bits per heavy atom. The Hall–Kier alpha value is -1.91. The molecule has 88 valence electrons. The predicted molar refractivity (Wildman–Crippen MR) is 51.7 cm³/mol. The van der Waals surface area contributed by atoms with Crippen LogP contribution in [0, 0.1) is 29.1 Å². The quantitative estimate of drug-likeness (QED) is 0.664. The van der Waals surface area contributed by atoms with Crippen LogP contribution in [0.3, 0.4) is 0 Å². The van der Waals surface area contributed by atoms with E-state index in [9.17, 15) is 22.0 Å². The highest BCUT2D eigenvalue weighted by molar-refractivity contribution is 5.65. The van der Waals surface area contributed by atoms with Gasteiger partial charge in [0, 0.05) is 23.8 Å². The predicted octanol–water partition coefficient (Wildman–Crippen LogP) is 4.05. The van der Waals surface area contributed by atoms with Crippen molar-refractivity contribution in [2.45, 2.75) is 0 Å². The summed E-state index contributed by atoms with van der Waals surface area (Å²) in [7, 11) is 0. The highest BCUT2D eigenvalue weighted by Crippen LogP contribution is 2.29. The molecular formula is C12H5F5. The van der Waals surface area contributed by atoms with Crippen LogP contribution in [0.25, 0.3) is 11.1 Å². The van der Waals surface area contributed by atoms with Crippen molar-refractivity contribution >= 4 is 0 Å². The normalized spacial score (nSPS) is 10.6. The fraction of sp³-hybridized carbons (Fsp3) is 0. The Kier molecular flexibility index (Phi) is 2.83. The van der Waals surface area contributed by atoms with Crippen LogP contribution in [0.5, 0.6) is 0 Å². The maximum Gasteiger partial charge on any atom is 0.136 e. The molecule has 0 bridgehead atoms. The van der Waals surface area contributed by atoms with Crippen molar-refractivity contribution in [1.82, 2.24) is 0 Å². The lowest BCUT2D eigenvalue weighted by Crippen LogP contribution is -1.95. The van der Waals surface area contributed by atoms with Gasteiger partial charge in [-0.1, -0.05) is 0 Å². The smallest absolute Gasteiger partial charge is 0.136 e. The summed E-state index contributed by atoms with van der Waals surface area (Å²) in [6, 6.07) is 3.12. The maximum absolute atomic E-state index is 13.3. The number of hydrogen-bond acceptors (Lipinski definition) is 0. The van der Waals surface area contributed by atoms with E-state index in [4.69, 9.17) is 0 Å². The summed E-state index contributed by atoms with van der Waals surface area (Å²) < 4.78 is 65.3. The molecule has 0 nitrogen and oxygen atoms in total. The van der Waals surface area contributed by atoms with E-state index in [0.29, 0.717) is 18.2 Å². The minimum Gasteiger partial charge on any atom is -0.207 e. The Morgan fingerprint density at radius 3 is 1.65 bits per heavy atom. The summed E-state index contributed by atoms with van der Waals surface area (Å²) in [5.41, 5.74) is -1.18. The molecule has 5 heteroatoms. The molecule has 0 aromatic heterocycles. The fourth-order valence-electron chi connectivity index (χ4n) is 1.49. The maximum atomic E-state index is 13.3. The second-order valence-electron chi connectivity index (χ2n) is 3.37. The minimum absolute atomic E-state index is 0.432. The van der Waals surface area contributed by atoms with Crippen molar-refractivity contribution in [3.63, 3.8) is 0 Å². The highest BCUT2D eigenvalue weighted by atomic mass is 19.2. The van der Waals surface area contributed by atoms with E-state index in [1.165, 1.54) is 0 Å². The van der Waals surface area contributed by atoms with Crippen molar-refractivity contribution in [3.05, 3.63) is 59.4 Å². The molecule has 0 fully saturated rings. The van der Waals surface area contributed by atoms with Gasteiger partial charge in [-0.2, -0.15) is 0 Å². The molecule has 0 unspecified atom stereocenters. The SMILES string of the molecule is Fc1ccc(-c2c(F)cc(F)cc2F)c(F)c1. The van der Waals surface area contributed by atoms with Gasteiger partial charge in [-0.25, -0.2) is 22.0 Å². The van der Waals surface area contributed by atoms with Gasteiger partial charge in [-0.15, -0.1) is 0 Å². The molecule has 0 atom stereocenters. The minimum atomic E-state index is -1.24. The summed E-state index contributed by atoms with van der Waals surface area (Å²) in [6.45, 7) is 0. The van der Waals surface area contributed by atoms with Gasteiger partial charge in [0.15, 0.2) is 0 Å². The second-order valence-corrected chi connectivity index (χ2v) is 3.37. The lowest BCUT2D eigenvalue weighted by atomic mass is 10.0. The summed E-state index contributed by atoms with van der Waals surface area (Å²) in [5.74, 6) is -5.57. The Bertz CT molecular complexity index is 554. The van der Waals surface area contributed by atoms with E-state index in [1.807, 2.05) is 0 Å². The summed E-state index contributed by atoms with van der Waals surface area (Å²) >= 11 is 0. The van der Waals surface area contributed by atoms with Crippen LogP contribution in [0.15, 0.2) is 30.3 Å². The van der Waals surface area contributed by atoms with E-state index >= 15 is 0 Å². The molecule has 0 spiro atoms. The van der Waals surface area contributed by atoms with E-state index in [1.54, 1.807) is 0 Å². The average molecular weight is 244 g/mol. The molecule has 17 heavy (non-hydrogen) atoms. The first-order valence-corrected chi connectivity index (χ1v) is 4.59. The molecular weight excluding hydrogens is 239 g/mol. The molecule has 0 saturated heterocycles. The van der Waals surface area contributed by atoms with Crippen LogP contribution in [0.2, 0.25) is 0 Å². The molecule has 0 aliphatic carbocycles. The van der Waals surface area contributed by atoms with Crippen molar-refractivity contribution < 1.29 is 22.0 Å². The van der Waals surface area contributed by atoms with Gasteiger partial charge in [0.25, 0.3) is 0 Å². The molecule has 0 aliphatic rings. The van der Waals surface area contributed by atoms with Crippen molar-refractivity contribution in [2.24, 2.45) is 0 Å². The van der Waals surface area contributed by atoms with Gasteiger partial charge >= 0.3 is 0 Å². The molecule has 2 rings (SSSR count). The van der Waals surface area contributed by atoms with Crippen LogP contribution >= 0.6 is 0 Å². The Balaban J connectivity index is 2.68. The monoisotopic (exact) mass is 244 g/mol. The lowest BCUT2D eigenvalue weighted by molar-refractivity contribution is 0.543. The van der Waals surface area contributed by atoms with E-state index in [-0.39, 0.29) is 0 Å². The lowest BCUT2D eigenvalue weighted by Gasteiger charge is -2.06. The van der Waals surface area contributed by atoms with Crippen LogP contribution in [-0.2, 0) is 0 Å². The van der Waals surface area contributed by atoms with Gasteiger partial charge in [0.05, 0.1) is 5.56 Å². The zero-order valence-corrected chi connectivity index (χ0v) is 8.28. The van der Waals surface area contributed by atoms with Gasteiger partial charge in [-0.05, 0) is 12.1 Å². The molecule has 0 radical (unpaired) electrons. The fourth-order valence-corrected chi connectivity index (χ4v) is 1.49. The van der Waals surface area contributed by atoms with Crippen molar-refractivity contribution in [3.8, 4) is 11.1 Å². The third-order valence-corrected chi connectivity index (χ3v) is 2.21. The summed E-state index contributed by atoms with van der Waals surface area (Å²) in [4.78, 5) is 0.